The van der Waals surface area contributed by atoms with Crippen LogP contribution in [0.15, 0.2) is 29.3 Å². The highest BCUT2D eigenvalue weighted by molar-refractivity contribution is 5.79. The lowest BCUT2D eigenvalue weighted by Crippen LogP contribution is -2.38. The summed E-state index contributed by atoms with van der Waals surface area (Å²) in [7, 11) is 3.66. The van der Waals surface area contributed by atoms with E-state index in [9.17, 15) is 0 Å². The number of aryl methyl sites for hydroxylation is 2. The average Bonchev–Trinajstić information content (AvgIpc) is 2.86. The fourth-order valence-electron chi connectivity index (χ4n) is 2.73. The van der Waals surface area contributed by atoms with Gasteiger partial charge in [-0.1, -0.05) is 12.1 Å². The number of aliphatic imine (C=N–C) groups is 1. The maximum Gasteiger partial charge on any atom is 0.191 e. The molecule has 0 unspecified atom stereocenters. The van der Waals surface area contributed by atoms with Crippen LogP contribution in [-0.4, -0.2) is 35.9 Å². The summed E-state index contributed by atoms with van der Waals surface area (Å²) in [5.41, 5.74) is 4.78. The van der Waals surface area contributed by atoms with Crippen molar-refractivity contribution in [3.05, 3.63) is 46.8 Å². The molecule has 1 aromatic heterocycles. The lowest BCUT2D eigenvalue weighted by molar-refractivity contribution is 0.414. The molecule has 0 radical (unpaired) electrons. The second-order valence-corrected chi connectivity index (χ2v) is 5.99. The Morgan fingerprint density at radius 1 is 1.20 bits per heavy atom. The van der Waals surface area contributed by atoms with Gasteiger partial charge in [0, 0.05) is 25.8 Å². The molecule has 2 aromatic rings. The van der Waals surface area contributed by atoms with Crippen molar-refractivity contribution in [2.45, 2.75) is 33.7 Å². The Morgan fingerprint density at radius 2 is 1.92 bits per heavy atom. The van der Waals surface area contributed by atoms with Crippen LogP contribution in [0.2, 0.25) is 0 Å². The lowest BCUT2D eigenvalue weighted by atomic mass is 10.1. The molecule has 25 heavy (non-hydrogen) atoms. The number of hydrogen-bond acceptors (Lipinski definition) is 3. The number of benzene rings is 1. The minimum atomic E-state index is 0.629. The Labute approximate surface area is 150 Å². The van der Waals surface area contributed by atoms with Gasteiger partial charge in [0.25, 0.3) is 0 Å². The summed E-state index contributed by atoms with van der Waals surface area (Å²) < 4.78 is 7.12. The highest BCUT2D eigenvalue weighted by atomic mass is 16.5. The quantitative estimate of drug-likeness (QED) is 0.598. The smallest absolute Gasteiger partial charge is 0.191 e. The largest absolute Gasteiger partial charge is 0.497 e. The van der Waals surface area contributed by atoms with E-state index in [0.717, 1.165) is 42.5 Å². The molecule has 0 spiro atoms. The van der Waals surface area contributed by atoms with Crippen LogP contribution < -0.4 is 15.4 Å². The predicted molar refractivity (Wildman–Crippen MR) is 102 cm³/mol. The zero-order valence-electron chi connectivity index (χ0n) is 15.9. The maximum atomic E-state index is 5.18. The van der Waals surface area contributed by atoms with Crippen LogP contribution in [-0.2, 0) is 20.0 Å². The second kappa shape index (κ2) is 9.11. The normalized spacial score (nSPS) is 11.5. The first kappa shape index (κ1) is 18.8. The van der Waals surface area contributed by atoms with E-state index in [1.807, 2.05) is 36.0 Å². The summed E-state index contributed by atoms with van der Waals surface area (Å²) in [6.07, 6.45) is 0.929. The molecule has 0 aliphatic carbocycles. The van der Waals surface area contributed by atoms with Crippen molar-refractivity contribution >= 4 is 5.96 Å². The number of aromatic nitrogens is 2. The van der Waals surface area contributed by atoms with Gasteiger partial charge in [0.15, 0.2) is 5.96 Å². The number of nitrogens with zero attached hydrogens (tertiary/aromatic N) is 3. The summed E-state index contributed by atoms with van der Waals surface area (Å²) in [6.45, 7) is 8.52. The van der Waals surface area contributed by atoms with Crippen molar-refractivity contribution in [3.63, 3.8) is 0 Å². The molecule has 0 saturated carbocycles. The molecule has 2 rings (SSSR count). The van der Waals surface area contributed by atoms with Crippen LogP contribution in [0.4, 0.5) is 0 Å². The predicted octanol–water partition coefficient (Wildman–Crippen LogP) is 2.34. The third-order valence-electron chi connectivity index (χ3n) is 4.25. The zero-order valence-corrected chi connectivity index (χ0v) is 15.9. The molecule has 136 valence electrons. The minimum absolute atomic E-state index is 0.629. The lowest BCUT2D eigenvalue weighted by Gasteiger charge is -2.11. The van der Waals surface area contributed by atoms with Crippen molar-refractivity contribution in [2.24, 2.45) is 12.0 Å². The average molecular weight is 343 g/mol. The molecular weight excluding hydrogens is 314 g/mol. The molecule has 0 saturated heterocycles. The molecule has 0 aliphatic heterocycles. The van der Waals surface area contributed by atoms with E-state index in [2.05, 4.69) is 41.5 Å². The fraction of sp³-hybridized carbons (Fsp3) is 0.474. The topological polar surface area (TPSA) is 63.5 Å². The molecule has 1 heterocycles. The van der Waals surface area contributed by atoms with Gasteiger partial charge in [-0.25, -0.2) is 4.99 Å². The number of hydrogen-bond donors (Lipinski definition) is 2. The Hall–Kier alpha value is -2.50. The number of nitrogens with one attached hydrogen (secondary N) is 2. The number of rotatable bonds is 7. The van der Waals surface area contributed by atoms with Crippen LogP contribution in [0.5, 0.6) is 5.75 Å². The standard InChI is InChI=1S/C19H29N5O/c1-6-20-19(22-13-16-7-9-17(25-5)10-8-16)21-12-11-18-14(2)23-24(4)15(18)3/h7-10H,6,11-13H2,1-5H3,(H2,20,21,22). The van der Waals surface area contributed by atoms with Crippen molar-refractivity contribution in [1.29, 1.82) is 0 Å². The van der Waals surface area contributed by atoms with E-state index >= 15 is 0 Å². The third-order valence-corrected chi connectivity index (χ3v) is 4.25. The van der Waals surface area contributed by atoms with E-state index in [-0.39, 0.29) is 0 Å². The SMILES string of the molecule is CCNC(=NCc1ccc(OC)cc1)NCCc1c(C)nn(C)c1C. The second-order valence-electron chi connectivity index (χ2n) is 5.99. The van der Waals surface area contributed by atoms with Gasteiger partial charge in [0.05, 0.1) is 19.3 Å². The van der Waals surface area contributed by atoms with E-state index < -0.39 is 0 Å². The van der Waals surface area contributed by atoms with E-state index in [0.29, 0.717) is 6.54 Å². The molecule has 1 aromatic carbocycles. The van der Waals surface area contributed by atoms with Crippen LogP contribution in [0.1, 0.15) is 29.4 Å². The molecule has 0 fully saturated rings. The van der Waals surface area contributed by atoms with Gasteiger partial charge in [0.1, 0.15) is 5.75 Å². The van der Waals surface area contributed by atoms with Crippen LogP contribution in [0.3, 0.4) is 0 Å². The molecule has 6 heteroatoms. The summed E-state index contributed by atoms with van der Waals surface area (Å²) in [5, 5.41) is 11.2. The first-order valence-electron chi connectivity index (χ1n) is 8.69. The van der Waals surface area contributed by atoms with Crippen molar-refractivity contribution in [1.82, 2.24) is 20.4 Å². The summed E-state index contributed by atoms with van der Waals surface area (Å²) in [5.74, 6) is 1.69. The Bertz CT molecular complexity index is 703. The first-order chi connectivity index (χ1) is 12.0. The molecule has 0 amide bonds. The monoisotopic (exact) mass is 343 g/mol. The minimum Gasteiger partial charge on any atom is -0.497 e. The Balaban J connectivity index is 1.92. The Kier molecular flexibility index (Phi) is 6.86. The van der Waals surface area contributed by atoms with Crippen LogP contribution >= 0.6 is 0 Å². The van der Waals surface area contributed by atoms with E-state index in [4.69, 9.17) is 4.74 Å². The van der Waals surface area contributed by atoms with Gasteiger partial charge in [-0.15, -0.1) is 0 Å². The molecule has 6 nitrogen and oxygen atoms in total. The number of guanidine groups is 1. The van der Waals surface area contributed by atoms with Gasteiger partial charge >= 0.3 is 0 Å². The van der Waals surface area contributed by atoms with Crippen molar-refractivity contribution in [2.75, 3.05) is 20.2 Å². The van der Waals surface area contributed by atoms with Crippen LogP contribution in [0.25, 0.3) is 0 Å². The molecule has 0 atom stereocenters. The summed E-state index contributed by atoms with van der Waals surface area (Å²) in [6, 6.07) is 7.99. The first-order valence-corrected chi connectivity index (χ1v) is 8.69. The van der Waals surface area contributed by atoms with Gasteiger partial charge in [0.2, 0.25) is 0 Å². The summed E-state index contributed by atoms with van der Waals surface area (Å²) in [4.78, 5) is 4.65. The van der Waals surface area contributed by atoms with Crippen molar-refractivity contribution in [3.8, 4) is 5.75 Å². The molecule has 0 bridgehead atoms. The van der Waals surface area contributed by atoms with Gasteiger partial charge in [-0.05, 0) is 50.5 Å². The van der Waals surface area contributed by atoms with Gasteiger partial charge in [-0.3, -0.25) is 4.68 Å². The highest BCUT2D eigenvalue weighted by Crippen LogP contribution is 2.12. The van der Waals surface area contributed by atoms with E-state index in [1.165, 1.54) is 11.3 Å². The van der Waals surface area contributed by atoms with Gasteiger partial charge in [-0.2, -0.15) is 5.10 Å². The molecular formula is C19H29N5O. The van der Waals surface area contributed by atoms with E-state index in [1.54, 1.807) is 7.11 Å². The fourth-order valence-corrected chi connectivity index (χ4v) is 2.73. The van der Waals surface area contributed by atoms with Crippen molar-refractivity contribution < 1.29 is 4.74 Å². The third kappa shape index (κ3) is 5.24. The summed E-state index contributed by atoms with van der Waals surface area (Å²) >= 11 is 0. The molecule has 0 aliphatic rings. The van der Waals surface area contributed by atoms with Crippen LogP contribution in [0, 0.1) is 13.8 Å². The molecule has 2 N–H and O–H groups in total. The Morgan fingerprint density at radius 3 is 2.48 bits per heavy atom. The maximum absolute atomic E-state index is 5.18. The number of ether oxygens (including phenoxy) is 1. The van der Waals surface area contributed by atoms with Gasteiger partial charge < -0.3 is 15.4 Å². The zero-order chi connectivity index (χ0) is 18.2. The number of methoxy groups -OCH3 is 1. The highest BCUT2D eigenvalue weighted by Gasteiger charge is 2.09.